The average Bonchev–Trinajstić information content (AvgIpc) is 2.08. The molecule has 52 valence electrons. The molecule has 1 aromatic heterocycles. The number of aromatic nitrogens is 4. The Balaban J connectivity index is 2.90. The number of hydrogen-bond donors (Lipinski definition) is 4. The Morgan fingerprint density at radius 2 is 2.00 bits per heavy atom. The Morgan fingerprint density at radius 3 is 2.22 bits per heavy atom. The first kappa shape index (κ1) is 6.50. The molecule has 8 heteroatoms. The Kier molecular flexibility index (Phi) is 1.42. The Bertz CT molecular complexity index is 178. The summed E-state index contributed by atoms with van der Waals surface area (Å²) >= 11 is 0. The van der Waals surface area contributed by atoms with Gasteiger partial charge in [-0.1, -0.05) is 0 Å². The minimum atomic E-state index is -4.27. The topological polar surface area (TPSA) is 115 Å². The molecule has 0 aliphatic rings. The summed E-state index contributed by atoms with van der Waals surface area (Å²) in [6, 6.07) is 0. The molecule has 0 fully saturated rings. The van der Waals surface area contributed by atoms with Gasteiger partial charge < -0.3 is 0 Å². The molecular formula is CH5N4O3P. The summed E-state index contributed by atoms with van der Waals surface area (Å²) in [6.07, 6.45) is 0. The number of aromatic amines is 1. The van der Waals surface area contributed by atoms with E-state index >= 15 is 0 Å². The van der Waals surface area contributed by atoms with Gasteiger partial charge in [-0.2, -0.15) is 0 Å². The van der Waals surface area contributed by atoms with E-state index in [-0.39, 0.29) is 5.57 Å². The molecular weight excluding hydrogens is 147 g/mol. The summed E-state index contributed by atoms with van der Waals surface area (Å²) < 4.78 is 0. The standard InChI is InChI=1S/CH5N4O3P/c6-9(7,8)1-2-4-5-3-1/h6-9H,(H,2,3,4,5). The van der Waals surface area contributed by atoms with Gasteiger partial charge in [-0.3, -0.25) is 0 Å². The van der Waals surface area contributed by atoms with E-state index in [1.54, 1.807) is 0 Å². The van der Waals surface area contributed by atoms with Gasteiger partial charge >= 0.3 is 48.8 Å². The number of tetrazole rings is 1. The van der Waals surface area contributed by atoms with E-state index < -0.39 is 7.94 Å². The zero-order valence-corrected chi connectivity index (χ0v) is 5.18. The minimum absolute atomic E-state index is 0.373. The first-order chi connectivity index (χ1) is 4.11. The molecule has 0 amide bonds. The molecule has 1 aromatic rings. The van der Waals surface area contributed by atoms with E-state index in [9.17, 15) is 0 Å². The van der Waals surface area contributed by atoms with Gasteiger partial charge in [-0.25, -0.2) is 0 Å². The van der Waals surface area contributed by atoms with Crippen LogP contribution >= 0.6 is 7.94 Å². The van der Waals surface area contributed by atoms with Gasteiger partial charge in [0, 0.05) is 0 Å². The SMILES string of the molecule is O[PH](O)(O)c1nnn[nH]1. The molecule has 0 unspecified atom stereocenters. The van der Waals surface area contributed by atoms with Crippen molar-refractivity contribution >= 4 is 13.5 Å². The second-order valence-electron chi connectivity index (χ2n) is 1.39. The zero-order valence-electron chi connectivity index (χ0n) is 4.18. The zero-order chi connectivity index (χ0) is 6.91. The van der Waals surface area contributed by atoms with Crippen LogP contribution in [0.3, 0.4) is 0 Å². The summed E-state index contributed by atoms with van der Waals surface area (Å²) in [7, 11) is -4.27. The third-order valence-corrected chi connectivity index (χ3v) is 1.51. The van der Waals surface area contributed by atoms with Crippen molar-refractivity contribution in [2.45, 2.75) is 0 Å². The van der Waals surface area contributed by atoms with Crippen molar-refractivity contribution in [2.75, 3.05) is 0 Å². The quantitative estimate of drug-likeness (QED) is 0.325. The number of nitrogens with zero attached hydrogens (tertiary/aromatic N) is 3. The van der Waals surface area contributed by atoms with E-state index in [1.165, 1.54) is 0 Å². The fourth-order valence-electron chi connectivity index (χ4n) is 0.301. The van der Waals surface area contributed by atoms with Crippen LogP contribution in [0, 0.1) is 0 Å². The van der Waals surface area contributed by atoms with Gasteiger partial charge in [0.1, 0.15) is 0 Å². The molecule has 9 heavy (non-hydrogen) atoms. The summed E-state index contributed by atoms with van der Waals surface area (Å²) in [4.78, 5) is 25.4. The molecule has 7 nitrogen and oxygen atoms in total. The third-order valence-electron chi connectivity index (χ3n) is 0.663. The number of rotatable bonds is 1. The van der Waals surface area contributed by atoms with Crippen LogP contribution in [0.15, 0.2) is 0 Å². The first-order valence-corrected chi connectivity index (χ1v) is 3.86. The van der Waals surface area contributed by atoms with E-state index in [0.29, 0.717) is 0 Å². The fourth-order valence-corrected chi connectivity index (χ4v) is 0.680. The maximum absolute atomic E-state index is 8.45. The van der Waals surface area contributed by atoms with Crippen LogP contribution in [-0.2, 0) is 0 Å². The van der Waals surface area contributed by atoms with Gasteiger partial charge in [-0.05, 0) is 0 Å². The monoisotopic (exact) mass is 152 g/mol. The van der Waals surface area contributed by atoms with Crippen LogP contribution in [0.1, 0.15) is 0 Å². The Labute approximate surface area is 49.9 Å². The van der Waals surface area contributed by atoms with Gasteiger partial charge in [0.05, 0.1) is 0 Å². The number of H-pyrrole nitrogens is 1. The molecule has 0 bridgehead atoms. The van der Waals surface area contributed by atoms with E-state index in [0.717, 1.165) is 0 Å². The van der Waals surface area contributed by atoms with Crippen LogP contribution in [0.5, 0.6) is 0 Å². The summed E-state index contributed by atoms with van der Waals surface area (Å²) in [5.74, 6) is 0. The average molecular weight is 152 g/mol. The summed E-state index contributed by atoms with van der Waals surface area (Å²) in [5.41, 5.74) is -0.373. The summed E-state index contributed by atoms with van der Waals surface area (Å²) in [6.45, 7) is 0. The molecule has 0 aliphatic heterocycles. The molecule has 0 radical (unpaired) electrons. The van der Waals surface area contributed by atoms with E-state index in [4.69, 9.17) is 14.7 Å². The molecule has 4 N–H and O–H groups in total. The number of hydrogen-bond acceptors (Lipinski definition) is 6. The Hall–Kier alpha value is -0.620. The maximum atomic E-state index is 8.45. The van der Waals surface area contributed by atoms with Crippen LogP contribution in [-0.4, -0.2) is 35.3 Å². The van der Waals surface area contributed by atoms with Crippen LogP contribution in [0.2, 0.25) is 0 Å². The second kappa shape index (κ2) is 1.96. The third kappa shape index (κ3) is 1.39. The van der Waals surface area contributed by atoms with Crippen LogP contribution in [0.25, 0.3) is 0 Å². The normalized spacial score (nSPS) is 13.7. The van der Waals surface area contributed by atoms with Gasteiger partial charge in [0.15, 0.2) is 0 Å². The molecule has 0 aliphatic carbocycles. The molecule has 1 heterocycles. The van der Waals surface area contributed by atoms with Crippen molar-refractivity contribution in [3.05, 3.63) is 0 Å². The van der Waals surface area contributed by atoms with Crippen molar-refractivity contribution in [2.24, 2.45) is 0 Å². The molecule has 0 spiro atoms. The van der Waals surface area contributed by atoms with E-state index in [2.05, 4.69) is 15.5 Å². The van der Waals surface area contributed by atoms with Crippen LogP contribution < -0.4 is 5.57 Å². The van der Waals surface area contributed by atoms with Crippen molar-refractivity contribution in [1.29, 1.82) is 0 Å². The number of nitrogens with one attached hydrogen (secondary N) is 1. The van der Waals surface area contributed by atoms with Gasteiger partial charge in [0.2, 0.25) is 0 Å². The van der Waals surface area contributed by atoms with Crippen molar-refractivity contribution in [1.82, 2.24) is 20.6 Å². The van der Waals surface area contributed by atoms with Gasteiger partial charge in [0.25, 0.3) is 0 Å². The molecule has 0 atom stereocenters. The van der Waals surface area contributed by atoms with Crippen molar-refractivity contribution < 1.29 is 14.7 Å². The van der Waals surface area contributed by atoms with Crippen molar-refractivity contribution in [3.63, 3.8) is 0 Å². The molecule has 0 saturated heterocycles. The predicted molar refractivity (Wildman–Crippen MR) is 28.8 cm³/mol. The second-order valence-corrected chi connectivity index (χ2v) is 3.13. The van der Waals surface area contributed by atoms with E-state index in [1.807, 2.05) is 5.10 Å². The molecule has 0 aromatic carbocycles. The Morgan fingerprint density at radius 1 is 1.33 bits per heavy atom. The summed E-state index contributed by atoms with van der Waals surface area (Å²) in [5, 5.41) is 11.1. The van der Waals surface area contributed by atoms with Crippen molar-refractivity contribution in [3.8, 4) is 0 Å². The fraction of sp³-hybridized carbons (Fsp3) is 0. The van der Waals surface area contributed by atoms with Gasteiger partial charge in [-0.15, -0.1) is 0 Å². The molecule has 1 rings (SSSR count). The molecule has 0 saturated carbocycles. The first-order valence-electron chi connectivity index (χ1n) is 2.02. The van der Waals surface area contributed by atoms with Crippen LogP contribution in [0.4, 0.5) is 0 Å². The predicted octanol–water partition coefficient (Wildman–Crippen LogP) is -2.70.